The Balaban J connectivity index is 2.47. The molecule has 3 N–H and O–H groups in total. The van der Waals surface area contributed by atoms with Crippen LogP contribution in [0.25, 0.3) is 0 Å². The number of sulfonamides is 1. The lowest BCUT2D eigenvalue weighted by Crippen LogP contribution is -2.15. The summed E-state index contributed by atoms with van der Waals surface area (Å²) in [6.07, 6.45) is 2.03. The Bertz CT molecular complexity index is 760. The van der Waals surface area contributed by atoms with E-state index in [1.54, 1.807) is 26.0 Å². The fraction of sp³-hybridized carbons (Fsp3) is 0.154. The number of aryl methyl sites for hydroxylation is 1. The third-order valence-corrected chi connectivity index (χ3v) is 4.26. The summed E-state index contributed by atoms with van der Waals surface area (Å²) in [7, 11) is -3.91. The summed E-state index contributed by atoms with van der Waals surface area (Å²) in [6, 6.07) is 4.32. The van der Waals surface area contributed by atoms with E-state index >= 15 is 0 Å². The number of anilines is 2. The smallest absolute Gasteiger partial charge is 0.263 e. The molecule has 0 aliphatic heterocycles. The van der Waals surface area contributed by atoms with Gasteiger partial charge in [-0.05, 0) is 37.1 Å². The second-order valence-electron chi connectivity index (χ2n) is 4.42. The number of hydrogen-bond donors (Lipinski definition) is 2. The minimum atomic E-state index is -3.91. The lowest BCUT2D eigenvalue weighted by Gasteiger charge is -2.14. The number of rotatable bonds is 3. The van der Waals surface area contributed by atoms with Gasteiger partial charge < -0.3 is 5.73 Å². The van der Waals surface area contributed by atoms with Gasteiger partial charge in [-0.15, -0.1) is 0 Å². The van der Waals surface area contributed by atoms with Gasteiger partial charge in [0.2, 0.25) is 0 Å². The Morgan fingerprint density at radius 2 is 1.95 bits per heavy atom. The van der Waals surface area contributed by atoms with Crippen LogP contribution in [0.4, 0.5) is 15.8 Å². The van der Waals surface area contributed by atoms with Crippen molar-refractivity contribution in [1.82, 2.24) is 4.98 Å². The van der Waals surface area contributed by atoms with E-state index in [0.29, 0.717) is 16.9 Å². The molecule has 1 aromatic carbocycles. The summed E-state index contributed by atoms with van der Waals surface area (Å²) in [5.74, 6) is -0.714. The largest absolute Gasteiger partial charge is 0.398 e. The molecule has 0 saturated heterocycles. The van der Waals surface area contributed by atoms with Crippen molar-refractivity contribution in [2.75, 3.05) is 10.5 Å². The van der Waals surface area contributed by atoms with Gasteiger partial charge in [0.25, 0.3) is 10.0 Å². The fourth-order valence-electron chi connectivity index (χ4n) is 1.75. The zero-order valence-corrected chi connectivity index (χ0v) is 11.8. The van der Waals surface area contributed by atoms with Gasteiger partial charge in [-0.2, -0.15) is 0 Å². The van der Waals surface area contributed by atoms with E-state index in [1.807, 2.05) is 0 Å². The van der Waals surface area contributed by atoms with Crippen LogP contribution in [0.5, 0.6) is 0 Å². The zero-order chi connectivity index (χ0) is 14.9. The molecule has 7 heteroatoms. The quantitative estimate of drug-likeness (QED) is 0.850. The summed E-state index contributed by atoms with van der Waals surface area (Å²) in [6.45, 7) is 3.47. The van der Waals surface area contributed by atoms with Gasteiger partial charge in [-0.25, -0.2) is 12.8 Å². The number of benzene rings is 1. The van der Waals surface area contributed by atoms with Crippen LogP contribution >= 0.6 is 0 Å². The highest BCUT2D eigenvalue weighted by molar-refractivity contribution is 7.92. The normalized spacial score (nSPS) is 11.3. The molecule has 2 rings (SSSR count). The Hall–Kier alpha value is -2.15. The average Bonchev–Trinajstić information content (AvgIpc) is 2.39. The Labute approximate surface area is 116 Å². The zero-order valence-electron chi connectivity index (χ0n) is 11.0. The first kappa shape index (κ1) is 14.3. The summed E-state index contributed by atoms with van der Waals surface area (Å²) >= 11 is 0. The van der Waals surface area contributed by atoms with E-state index in [2.05, 4.69) is 9.71 Å². The van der Waals surface area contributed by atoms with Crippen LogP contribution in [-0.2, 0) is 10.0 Å². The molecule has 0 bridgehead atoms. The van der Waals surface area contributed by atoms with Crippen LogP contribution in [0.1, 0.15) is 11.1 Å². The second kappa shape index (κ2) is 5.09. The van der Waals surface area contributed by atoms with Crippen molar-refractivity contribution in [2.45, 2.75) is 18.7 Å². The molecule has 0 amide bonds. The Morgan fingerprint density at radius 1 is 1.25 bits per heavy atom. The predicted molar refractivity (Wildman–Crippen MR) is 75.3 cm³/mol. The van der Waals surface area contributed by atoms with Crippen LogP contribution in [0.15, 0.2) is 35.5 Å². The fourth-order valence-corrected chi connectivity index (χ4v) is 2.92. The number of pyridine rings is 1. The molecule has 1 aromatic heterocycles. The van der Waals surface area contributed by atoms with E-state index in [9.17, 15) is 12.8 Å². The monoisotopic (exact) mass is 295 g/mol. The SMILES string of the molecule is Cc1ccc(N)c(C)c1NS(=O)(=O)c1cncc(F)c1. The van der Waals surface area contributed by atoms with Crippen LogP contribution in [0.2, 0.25) is 0 Å². The van der Waals surface area contributed by atoms with Crippen LogP contribution in [0.3, 0.4) is 0 Å². The first-order valence-electron chi connectivity index (χ1n) is 5.80. The topological polar surface area (TPSA) is 85.1 Å². The maximum atomic E-state index is 13.1. The third kappa shape index (κ3) is 2.72. The molecule has 106 valence electrons. The molecule has 20 heavy (non-hydrogen) atoms. The summed E-state index contributed by atoms with van der Waals surface area (Å²) in [5, 5.41) is 0. The number of nitrogens with one attached hydrogen (secondary N) is 1. The van der Waals surface area contributed by atoms with Gasteiger partial charge in [-0.1, -0.05) is 6.07 Å². The summed E-state index contributed by atoms with van der Waals surface area (Å²) in [5.41, 5.74) is 7.99. The second-order valence-corrected chi connectivity index (χ2v) is 6.10. The number of hydrogen-bond acceptors (Lipinski definition) is 4. The number of nitrogens with zero attached hydrogens (tertiary/aromatic N) is 1. The maximum absolute atomic E-state index is 13.1. The molecule has 1 heterocycles. The van der Waals surface area contributed by atoms with Crippen LogP contribution < -0.4 is 10.5 Å². The van der Waals surface area contributed by atoms with Gasteiger partial charge in [0.15, 0.2) is 0 Å². The van der Waals surface area contributed by atoms with Crippen molar-refractivity contribution in [2.24, 2.45) is 0 Å². The molecular weight excluding hydrogens is 281 g/mol. The summed E-state index contributed by atoms with van der Waals surface area (Å²) in [4.78, 5) is 3.30. The minimum absolute atomic E-state index is 0.237. The van der Waals surface area contributed by atoms with E-state index < -0.39 is 15.8 Å². The van der Waals surface area contributed by atoms with Crippen molar-refractivity contribution in [1.29, 1.82) is 0 Å². The number of aromatic nitrogens is 1. The van der Waals surface area contributed by atoms with E-state index in [1.165, 1.54) is 0 Å². The van der Waals surface area contributed by atoms with Crippen molar-refractivity contribution in [3.05, 3.63) is 47.5 Å². The molecule has 0 aliphatic carbocycles. The number of nitrogen functional groups attached to an aromatic ring is 1. The van der Waals surface area contributed by atoms with Crippen LogP contribution in [0, 0.1) is 19.7 Å². The molecule has 0 aliphatic rings. The molecule has 5 nitrogen and oxygen atoms in total. The van der Waals surface area contributed by atoms with E-state index in [-0.39, 0.29) is 4.90 Å². The van der Waals surface area contributed by atoms with E-state index in [0.717, 1.165) is 24.0 Å². The Kier molecular flexibility index (Phi) is 3.63. The highest BCUT2D eigenvalue weighted by atomic mass is 32.2. The van der Waals surface area contributed by atoms with Crippen molar-refractivity contribution in [3.63, 3.8) is 0 Å². The number of nitrogens with two attached hydrogens (primary N) is 1. The van der Waals surface area contributed by atoms with Gasteiger partial charge >= 0.3 is 0 Å². The lowest BCUT2D eigenvalue weighted by molar-refractivity contribution is 0.592. The molecule has 0 unspecified atom stereocenters. The first-order valence-corrected chi connectivity index (χ1v) is 7.28. The number of halogens is 1. The minimum Gasteiger partial charge on any atom is -0.398 e. The molecule has 2 aromatic rings. The van der Waals surface area contributed by atoms with Crippen molar-refractivity contribution < 1.29 is 12.8 Å². The molecule has 0 fully saturated rings. The standard InChI is InChI=1S/C13H14FN3O2S/c1-8-3-4-12(15)9(2)13(8)17-20(18,19)11-5-10(14)6-16-7-11/h3-7,17H,15H2,1-2H3. The van der Waals surface area contributed by atoms with Crippen molar-refractivity contribution in [3.8, 4) is 0 Å². The lowest BCUT2D eigenvalue weighted by atomic mass is 10.1. The van der Waals surface area contributed by atoms with Gasteiger partial charge in [0.1, 0.15) is 10.7 Å². The first-order chi connectivity index (χ1) is 9.31. The van der Waals surface area contributed by atoms with Gasteiger partial charge in [0.05, 0.1) is 11.9 Å². The summed E-state index contributed by atoms with van der Waals surface area (Å²) < 4.78 is 39.9. The van der Waals surface area contributed by atoms with E-state index in [4.69, 9.17) is 5.73 Å². The molecule has 0 spiro atoms. The maximum Gasteiger partial charge on any atom is 0.263 e. The van der Waals surface area contributed by atoms with Crippen LogP contribution in [-0.4, -0.2) is 13.4 Å². The van der Waals surface area contributed by atoms with Gasteiger partial charge in [0, 0.05) is 11.9 Å². The molecule has 0 radical (unpaired) electrons. The average molecular weight is 295 g/mol. The van der Waals surface area contributed by atoms with Gasteiger partial charge in [-0.3, -0.25) is 9.71 Å². The molecular formula is C13H14FN3O2S. The highest BCUT2D eigenvalue weighted by Gasteiger charge is 2.18. The van der Waals surface area contributed by atoms with Crippen molar-refractivity contribution >= 4 is 21.4 Å². The predicted octanol–water partition coefficient (Wildman–Crippen LogP) is 2.22. The molecule has 0 atom stereocenters. The Morgan fingerprint density at radius 3 is 2.60 bits per heavy atom. The third-order valence-electron chi connectivity index (χ3n) is 2.94. The highest BCUT2D eigenvalue weighted by Crippen LogP contribution is 2.27. The molecule has 0 saturated carbocycles.